The van der Waals surface area contributed by atoms with Gasteiger partial charge in [0, 0.05) is 10.2 Å². The molecule has 0 aliphatic carbocycles. The maximum Gasteiger partial charge on any atom is 0.126 e. The van der Waals surface area contributed by atoms with E-state index in [-0.39, 0.29) is 5.82 Å². The molecule has 0 fully saturated rings. The average Bonchev–Trinajstić information content (AvgIpc) is 1.94. The molecule has 0 aliphatic rings. The summed E-state index contributed by atoms with van der Waals surface area (Å²) in [5, 5.41) is 0. The number of aryl methyl sites for hydroxylation is 1. The Morgan fingerprint density at radius 3 is 2.60 bits per heavy atom. The van der Waals surface area contributed by atoms with Gasteiger partial charge in [0.1, 0.15) is 5.82 Å². The van der Waals surface area contributed by atoms with Crippen LogP contribution >= 0.6 is 0 Å². The first-order chi connectivity index (χ1) is 4.84. The zero-order chi connectivity index (χ0) is 7.40. The summed E-state index contributed by atoms with van der Waals surface area (Å²) in [7, 11) is 3.30. The first-order valence-corrected chi connectivity index (χ1v) is 3.93. The van der Waals surface area contributed by atoms with Gasteiger partial charge in [0.2, 0.25) is 0 Å². The quantitative estimate of drug-likeness (QED) is 0.567. The minimum absolute atomic E-state index is 0.110. The van der Waals surface area contributed by atoms with Crippen LogP contribution in [0.1, 0.15) is 5.56 Å². The highest BCUT2D eigenvalue weighted by Crippen LogP contribution is 2.07. The second-order valence-corrected chi connectivity index (χ2v) is 2.59. The summed E-state index contributed by atoms with van der Waals surface area (Å²) in [6, 6.07) is 7.64. The topological polar surface area (TPSA) is 0 Å². The molecule has 0 aliphatic heterocycles. The van der Waals surface area contributed by atoms with Crippen molar-refractivity contribution >= 4 is 10.2 Å². The Hall–Kier alpha value is -0.633. The van der Waals surface area contributed by atoms with E-state index in [9.17, 15) is 4.39 Å². The summed E-state index contributed by atoms with van der Waals surface area (Å²) >= 11 is 0. The third-order valence-electron chi connectivity index (χ3n) is 1.35. The molecular formula is C8H8FSi. The van der Waals surface area contributed by atoms with Gasteiger partial charge in [-0.15, -0.1) is 0 Å². The Morgan fingerprint density at radius 2 is 2.00 bits per heavy atom. The van der Waals surface area contributed by atoms with Crippen molar-refractivity contribution in [3.63, 3.8) is 0 Å². The molecule has 10 heavy (non-hydrogen) atoms. The molecule has 51 valence electrons. The molecule has 0 nitrogen and oxygen atoms in total. The van der Waals surface area contributed by atoms with Crippen LogP contribution in [0.15, 0.2) is 24.3 Å². The van der Waals surface area contributed by atoms with Gasteiger partial charge in [-0.05, 0) is 18.1 Å². The molecular weight excluding hydrogens is 143 g/mol. The number of hydrogen-bond acceptors (Lipinski definition) is 0. The summed E-state index contributed by atoms with van der Waals surface area (Å²) < 4.78 is 12.8. The highest BCUT2D eigenvalue weighted by atomic mass is 28.1. The predicted octanol–water partition coefficient (Wildman–Crippen LogP) is 1.95. The highest BCUT2D eigenvalue weighted by Gasteiger charge is 1.96. The molecule has 0 saturated heterocycles. The second kappa shape index (κ2) is 3.51. The van der Waals surface area contributed by atoms with Crippen LogP contribution in [0.25, 0.3) is 0 Å². The van der Waals surface area contributed by atoms with Gasteiger partial charge in [0.15, 0.2) is 0 Å². The molecule has 1 aromatic carbocycles. The zero-order valence-corrected chi connectivity index (χ0v) is 6.60. The Labute approximate surface area is 63.5 Å². The lowest BCUT2D eigenvalue weighted by Crippen LogP contribution is -1.87. The first kappa shape index (κ1) is 7.47. The van der Waals surface area contributed by atoms with Crippen molar-refractivity contribution in [2.75, 3.05) is 0 Å². The molecule has 0 saturated carbocycles. The lowest BCUT2D eigenvalue weighted by molar-refractivity contribution is 0.612. The number of benzene rings is 1. The van der Waals surface area contributed by atoms with Crippen molar-refractivity contribution in [2.24, 2.45) is 0 Å². The van der Waals surface area contributed by atoms with E-state index >= 15 is 0 Å². The van der Waals surface area contributed by atoms with E-state index in [2.05, 4.69) is 10.2 Å². The molecule has 3 radical (unpaired) electrons. The fourth-order valence-electron chi connectivity index (χ4n) is 0.836. The van der Waals surface area contributed by atoms with Gasteiger partial charge in [0.05, 0.1) is 0 Å². The minimum atomic E-state index is -0.110. The maximum atomic E-state index is 12.8. The molecule has 0 unspecified atom stereocenters. The van der Waals surface area contributed by atoms with Crippen LogP contribution in [0.5, 0.6) is 0 Å². The minimum Gasteiger partial charge on any atom is -0.207 e. The molecule has 1 aromatic rings. The van der Waals surface area contributed by atoms with E-state index in [1.54, 1.807) is 12.1 Å². The van der Waals surface area contributed by atoms with Crippen LogP contribution in [0.2, 0.25) is 6.04 Å². The molecule has 0 spiro atoms. The van der Waals surface area contributed by atoms with E-state index < -0.39 is 0 Å². The lowest BCUT2D eigenvalue weighted by Gasteiger charge is -1.97. The normalized spacial score (nSPS) is 9.80. The third-order valence-corrected chi connectivity index (χ3v) is 1.60. The third kappa shape index (κ3) is 1.67. The summed E-state index contributed by atoms with van der Waals surface area (Å²) in [4.78, 5) is 0. The molecule has 0 aromatic heterocycles. The standard InChI is InChI=1S/C8H8FSi/c9-8-4-2-1-3-7(8)5-6-10/h1-4H,5-6H2. The van der Waals surface area contributed by atoms with E-state index in [0.29, 0.717) is 0 Å². The molecule has 1 rings (SSSR count). The van der Waals surface area contributed by atoms with Gasteiger partial charge in [-0.1, -0.05) is 24.2 Å². The van der Waals surface area contributed by atoms with Gasteiger partial charge in [-0.2, -0.15) is 0 Å². The van der Waals surface area contributed by atoms with E-state index in [0.717, 1.165) is 18.0 Å². The number of rotatable bonds is 2. The lowest BCUT2D eigenvalue weighted by atomic mass is 10.2. The van der Waals surface area contributed by atoms with Gasteiger partial charge in [0.25, 0.3) is 0 Å². The van der Waals surface area contributed by atoms with Crippen molar-refractivity contribution in [3.8, 4) is 0 Å². The van der Waals surface area contributed by atoms with Crippen LogP contribution in [0.3, 0.4) is 0 Å². The molecule has 0 heterocycles. The average molecular weight is 151 g/mol. The molecule has 2 heteroatoms. The highest BCUT2D eigenvalue weighted by molar-refractivity contribution is 6.08. The smallest absolute Gasteiger partial charge is 0.126 e. The molecule has 0 bridgehead atoms. The Kier molecular flexibility index (Phi) is 2.63. The maximum absolute atomic E-state index is 12.8. The Morgan fingerprint density at radius 1 is 1.30 bits per heavy atom. The van der Waals surface area contributed by atoms with Crippen LogP contribution in [0.4, 0.5) is 4.39 Å². The summed E-state index contributed by atoms with van der Waals surface area (Å²) in [5.74, 6) is -0.110. The monoisotopic (exact) mass is 151 g/mol. The van der Waals surface area contributed by atoms with Crippen molar-refractivity contribution in [1.29, 1.82) is 0 Å². The largest absolute Gasteiger partial charge is 0.207 e. The zero-order valence-electron chi connectivity index (χ0n) is 5.60. The van der Waals surface area contributed by atoms with Crippen molar-refractivity contribution < 1.29 is 4.39 Å². The predicted molar refractivity (Wildman–Crippen MR) is 40.7 cm³/mol. The van der Waals surface area contributed by atoms with Crippen LogP contribution in [-0.2, 0) is 6.42 Å². The van der Waals surface area contributed by atoms with Gasteiger partial charge < -0.3 is 0 Å². The Balaban J connectivity index is 2.81. The fourth-order valence-corrected chi connectivity index (χ4v) is 1.11. The van der Waals surface area contributed by atoms with E-state index in [1.807, 2.05) is 6.07 Å². The fraction of sp³-hybridized carbons (Fsp3) is 0.250. The molecule has 0 amide bonds. The van der Waals surface area contributed by atoms with Crippen LogP contribution < -0.4 is 0 Å². The van der Waals surface area contributed by atoms with Crippen LogP contribution in [0, 0.1) is 5.82 Å². The Bertz CT molecular complexity index is 210. The van der Waals surface area contributed by atoms with Gasteiger partial charge >= 0.3 is 0 Å². The van der Waals surface area contributed by atoms with E-state index in [1.165, 1.54) is 6.07 Å². The van der Waals surface area contributed by atoms with Gasteiger partial charge in [-0.25, -0.2) is 4.39 Å². The van der Waals surface area contributed by atoms with Gasteiger partial charge in [-0.3, -0.25) is 0 Å². The SMILES string of the molecule is Fc1ccccc1CC[Si]. The number of hydrogen-bond donors (Lipinski definition) is 0. The summed E-state index contributed by atoms with van der Waals surface area (Å²) in [5.41, 5.74) is 0.775. The summed E-state index contributed by atoms with van der Waals surface area (Å²) in [6.45, 7) is 0. The van der Waals surface area contributed by atoms with Crippen molar-refractivity contribution in [3.05, 3.63) is 35.6 Å². The van der Waals surface area contributed by atoms with E-state index in [4.69, 9.17) is 0 Å². The first-order valence-electron chi connectivity index (χ1n) is 3.22. The summed E-state index contributed by atoms with van der Waals surface area (Å²) in [6.07, 6.45) is 0.754. The molecule has 0 N–H and O–H groups in total. The number of halogens is 1. The van der Waals surface area contributed by atoms with Crippen molar-refractivity contribution in [2.45, 2.75) is 12.5 Å². The van der Waals surface area contributed by atoms with Crippen LogP contribution in [-0.4, -0.2) is 10.2 Å². The van der Waals surface area contributed by atoms with Crippen molar-refractivity contribution in [1.82, 2.24) is 0 Å². The molecule has 0 atom stereocenters. The second-order valence-electron chi connectivity index (χ2n) is 2.09.